The minimum atomic E-state index is -2.40. The molecule has 0 N–H and O–H groups in total. The Bertz CT molecular complexity index is 406. The van der Waals surface area contributed by atoms with Crippen molar-refractivity contribution in [2.75, 3.05) is 13.3 Å². The Morgan fingerprint density at radius 3 is 2.47 bits per heavy atom. The van der Waals surface area contributed by atoms with Gasteiger partial charge in [0.25, 0.3) is 0 Å². The van der Waals surface area contributed by atoms with Crippen LogP contribution in [-0.2, 0) is 9.36 Å². The van der Waals surface area contributed by atoms with Crippen molar-refractivity contribution in [3.05, 3.63) is 24.3 Å². The van der Waals surface area contributed by atoms with E-state index in [4.69, 9.17) is 4.74 Å². The number of ether oxygens (including phenoxy) is 1. The van der Waals surface area contributed by atoms with Crippen molar-refractivity contribution in [2.24, 2.45) is 0 Å². The third-order valence-electron chi connectivity index (χ3n) is 1.96. The summed E-state index contributed by atoms with van der Waals surface area (Å²) in [6.45, 7) is 5.04. The first-order chi connectivity index (χ1) is 6.95. The minimum Gasteiger partial charge on any atom is -0.426 e. The summed E-state index contributed by atoms with van der Waals surface area (Å²) >= 11 is 0. The molecule has 82 valence electrons. The molecule has 4 heteroatoms. The van der Waals surface area contributed by atoms with Crippen LogP contribution in [-0.4, -0.2) is 19.3 Å². The highest BCUT2D eigenvalue weighted by Gasteiger charge is 2.17. The lowest BCUT2D eigenvalue weighted by molar-refractivity contribution is -0.133. The molecule has 0 unspecified atom stereocenters. The Morgan fingerprint density at radius 1 is 1.33 bits per heavy atom. The summed E-state index contributed by atoms with van der Waals surface area (Å²) in [5.41, 5.74) is 0. The SMILES string of the molecule is CCC(=O)Oc1ccccc1P(C)(C)=O. The molecule has 0 aliphatic heterocycles. The normalized spacial score (nSPS) is 11.1. The van der Waals surface area contributed by atoms with Crippen LogP contribution in [0.4, 0.5) is 0 Å². The number of hydrogen-bond donors (Lipinski definition) is 0. The van der Waals surface area contributed by atoms with Crippen LogP contribution in [0.3, 0.4) is 0 Å². The van der Waals surface area contributed by atoms with Gasteiger partial charge < -0.3 is 9.30 Å². The van der Waals surface area contributed by atoms with Crippen molar-refractivity contribution in [1.29, 1.82) is 0 Å². The van der Waals surface area contributed by atoms with Crippen LogP contribution in [0.5, 0.6) is 5.75 Å². The van der Waals surface area contributed by atoms with E-state index < -0.39 is 7.14 Å². The van der Waals surface area contributed by atoms with Crippen LogP contribution < -0.4 is 10.0 Å². The summed E-state index contributed by atoms with van der Waals surface area (Å²) < 4.78 is 17.0. The van der Waals surface area contributed by atoms with Crippen LogP contribution in [0.2, 0.25) is 0 Å². The van der Waals surface area contributed by atoms with Crippen molar-refractivity contribution in [1.82, 2.24) is 0 Å². The number of benzene rings is 1. The van der Waals surface area contributed by atoms with Gasteiger partial charge in [-0.3, -0.25) is 4.79 Å². The summed E-state index contributed by atoms with van der Waals surface area (Å²) in [4.78, 5) is 11.1. The Balaban J connectivity index is 3.08. The van der Waals surface area contributed by atoms with Crippen LogP contribution in [0.15, 0.2) is 24.3 Å². The summed E-state index contributed by atoms with van der Waals surface area (Å²) in [5.74, 6) is 0.105. The van der Waals surface area contributed by atoms with E-state index in [9.17, 15) is 9.36 Å². The maximum absolute atomic E-state index is 11.9. The van der Waals surface area contributed by atoms with E-state index in [2.05, 4.69) is 0 Å². The smallest absolute Gasteiger partial charge is 0.310 e. The summed E-state index contributed by atoms with van der Waals surface area (Å²) in [6.07, 6.45) is 0.312. The largest absolute Gasteiger partial charge is 0.426 e. The van der Waals surface area contributed by atoms with Crippen LogP contribution in [0.1, 0.15) is 13.3 Å². The number of hydrogen-bond acceptors (Lipinski definition) is 3. The molecular weight excluding hydrogens is 211 g/mol. The molecule has 0 aliphatic rings. The average molecular weight is 226 g/mol. The molecule has 1 aromatic rings. The van der Waals surface area contributed by atoms with Gasteiger partial charge in [0.1, 0.15) is 12.9 Å². The first-order valence-electron chi connectivity index (χ1n) is 4.80. The molecule has 0 aromatic heterocycles. The number of esters is 1. The zero-order valence-corrected chi connectivity index (χ0v) is 10.1. The van der Waals surface area contributed by atoms with Crippen molar-refractivity contribution in [3.8, 4) is 5.75 Å². The van der Waals surface area contributed by atoms with E-state index in [1.54, 1.807) is 44.5 Å². The van der Waals surface area contributed by atoms with E-state index in [0.717, 1.165) is 0 Å². The van der Waals surface area contributed by atoms with Gasteiger partial charge in [0.15, 0.2) is 0 Å². The standard InChI is InChI=1S/C11H15O3P/c1-4-11(12)14-9-7-5-6-8-10(9)15(2,3)13/h5-8H,4H2,1-3H3. The first kappa shape index (κ1) is 12.0. The third-order valence-corrected chi connectivity index (χ3v) is 3.49. The van der Waals surface area contributed by atoms with Gasteiger partial charge in [-0.15, -0.1) is 0 Å². The highest BCUT2D eigenvalue weighted by molar-refractivity contribution is 7.70. The summed E-state index contributed by atoms with van der Waals surface area (Å²) in [6, 6.07) is 6.96. The Hall–Kier alpha value is -1.08. The van der Waals surface area contributed by atoms with Gasteiger partial charge in [-0.25, -0.2) is 0 Å². The lowest BCUT2D eigenvalue weighted by Gasteiger charge is -2.12. The topological polar surface area (TPSA) is 43.4 Å². The predicted octanol–water partition coefficient (Wildman–Crippen LogP) is 2.25. The maximum atomic E-state index is 11.9. The molecule has 0 amide bonds. The van der Waals surface area contributed by atoms with Gasteiger partial charge >= 0.3 is 5.97 Å². The molecule has 0 saturated carbocycles. The van der Waals surface area contributed by atoms with E-state index in [-0.39, 0.29) is 5.97 Å². The molecule has 0 atom stereocenters. The van der Waals surface area contributed by atoms with Crippen molar-refractivity contribution in [2.45, 2.75) is 13.3 Å². The molecular formula is C11H15O3P. The molecule has 0 saturated heterocycles. The predicted molar refractivity (Wildman–Crippen MR) is 61.5 cm³/mol. The van der Waals surface area contributed by atoms with E-state index in [1.165, 1.54) is 0 Å². The van der Waals surface area contributed by atoms with E-state index in [0.29, 0.717) is 17.5 Å². The molecule has 0 spiro atoms. The zero-order chi connectivity index (χ0) is 11.5. The molecule has 1 aromatic carbocycles. The van der Waals surface area contributed by atoms with Gasteiger partial charge in [0.05, 0.1) is 5.30 Å². The number of carbonyl (C=O) groups is 1. The number of para-hydroxylation sites is 1. The summed E-state index contributed by atoms with van der Waals surface area (Å²) in [7, 11) is -2.40. The quantitative estimate of drug-likeness (QED) is 0.451. The van der Waals surface area contributed by atoms with Crippen LogP contribution >= 0.6 is 7.14 Å². The molecule has 0 aliphatic carbocycles. The zero-order valence-electron chi connectivity index (χ0n) is 9.19. The molecule has 3 nitrogen and oxygen atoms in total. The highest BCUT2D eigenvalue weighted by atomic mass is 31.2. The fraction of sp³-hybridized carbons (Fsp3) is 0.364. The fourth-order valence-electron chi connectivity index (χ4n) is 1.18. The second-order valence-corrected chi connectivity index (χ2v) is 6.83. The highest BCUT2D eigenvalue weighted by Crippen LogP contribution is 2.38. The van der Waals surface area contributed by atoms with Gasteiger partial charge in [0, 0.05) is 6.42 Å². The monoisotopic (exact) mass is 226 g/mol. The van der Waals surface area contributed by atoms with Crippen molar-refractivity contribution >= 4 is 18.4 Å². The van der Waals surface area contributed by atoms with Gasteiger partial charge in [-0.1, -0.05) is 19.1 Å². The molecule has 0 heterocycles. The van der Waals surface area contributed by atoms with Crippen molar-refractivity contribution in [3.63, 3.8) is 0 Å². The maximum Gasteiger partial charge on any atom is 0.310 e. The molecule has 0 radical (unpaired) electrons. The fourth-order valence-corrected chi connectivity index (χ4v) is 2.28. The first-order valence-corrected chi connectivity index (χ1v) is 7.40. The second kappa shape index (κ2) is 4.63. The van der Waals surface area contributed by atoms with E-state index in [1.807, 2.05) is 0 Å². The van der Waals surface area contributed by atoms with Gasteiger partial charge in [-0.2, -0.15) is 0 Å². The lowest BCUT2D eigenvalue weighted by Crippen LogP contribution is -2.13. The molecule has 0 fully saturated rings. The second-order valence-electron chi connectivity index (χ2n) is 3.65. The minimum absolute atomic E-state index is 0.309. The number of carbonyl (C=O) groups excluding carboxylic acids is 1. The summed E-state index contributed by atoms with van der Waals surface area (Å²) in [5, 5.41) is 0.617. The third kappa shape index (κ3) is 3.21. The number of rotatable bonds is 3. The molecule has 0 bridgehead atoms. The van der Waals surface area contributed by atoms with Crippen molar-refractivity contribution < 1.29 is 14.1 Å². The molecule has 15 heavy (non-hydrogen) atoms. The van der Waals surface area contributed by atoms with Gasteiger partial charge in [-0.05, 0) is 25.5 Å². The van der Waals surface area contributed by atoms with Crippen LogP contribution in [0.25, 0.3) is 0 Å². The Kier molecular flexibility index (Phi) is 3.70. The van der Waals surface area contributed by atoms with Crippen LogP contribution in [0, 0.1) is 0 Å². The Labute approximate surface area is 89.8 Å². The molecule has 1 rings (SSSR count). The average Bonchev–Trinajstić information content (AvgIpc) is 2.17. The van der Waals surface area contributed by atoms with Gasteiger partial charge in [0.2, 0.25) is 0 Å². The Morgan fingerprint density at radius 2 is 1.93 bits per heavy atom. The lowest BCUT2D eigenvalue weighted by atomic mass is 10.3. The van der Waals surface area contributed by atoms with E-state index >= 15 is 0 Å².